The van der Waals surface area contributed by atoms with Gasteiger partial charge in [-0.05, 0) is 62.4 Å². The van der Waals surface area contributed by atoms with Crippen LogP contribution in [0.25, 0.3) is 0 Å². The Morgan fingerprint density at radius 2 is 1.27 bits per heavy atom. The topological polar surface area (TPSA) is 97.0 Å². The second-order valence-electron chi connectivity index (χ2n) is 7.19. The van der Waals surface area contributed by atoms with Crippen molar-refractivity contribution in [3.63, 3.8) is 0 Å². The monoisotopic (exact) mass is 411 g/mol. The molecule has 8 heteroatoms. The lowest BCUT2D eigenvalue weighted by atomic mass is 10.1. The summed E-state index contributed by atoms with van der Waals surface area (Å²) in [6.07, 6.45) is 0.294. The zero-order valence-corrected chi connectivity index (χ0v) is 17.2. The first kappa shape index (κ1) is 21.3. The van der Waals surface area contributed by atoms with Gasteiger partial charge >= 0.3 is 5.97 Å². The maximum absolute atomic E-state index is 12.3. The Kier molecular flexibility index (Phi) is 6.68. The fraction of sp³-hybridized carbons (Fsp3) is 0.318. The molecule has 3 rings (SSSR count). The van der Waals surface area contributed by atoms with E-state index in [9.17, 15) is 14.4 Å². The molecule has 1 heterocycles. The van der Waals surface area contributed by atoms with Gasteiger partial charge < -0.3 is 14.4 Å². The molecule has 2 aromatic rings. The fourth-order valence-corrected chi connectivity index (χ4v) is 3.35. The molecular weight excluding hydrogens is 386 g/mol. The normalized spacial score (nSPS) is 18.4. The summed E-state index contributed by atoms with van der Waals surface area (Å²) in [5.74, 6) is -1.41. The highest BCUT2D eigenvalue weighted by Gasteiger charge is 2.22. The van der Waals surface area contributed by atoms with Crippen molar-refractivity contribution >= 4 is 23.5 Å². The summed E-state index contributed by atoms with van der Waals surface area (Å²) < 4.78 is 10.4. The fourth-order valence-electron chi connectivity index (χ4n) is 3.35. The summed E-state index contributed by atoms with van der Waals surface area (Å²) in [7, 11) is 1.28. The number of hydrogen-bond donors (Lipinski definition) is 2. The van der Waals surface area contributed by atoms with Crippen molar-refractivity contribution in [2.24, 2.45) is 0 Å². The minimum atomic E-state index is -0.493. The number of ether oxygens (including phenoxy) is 2. The maximum Gasteiger partial charge on any atom is 0.337 e. The van der Waals surface area contributed by atoms with E-state index in [4.69, 9.17) is 4.74 Å². The number of hydrazine groups is 1. The number of nitrogens with zero attached hydrogens (tertiary/aromatic N) is 1. The molecule has 1 saturated heterocycles. The molecule has 2 N–H and O–H groups in total. The van der Waals surface area contributed by atoms with Gasteiger partial charge in [-0.1, -0.05) is 0 Å². The van der Waals surface area contributed by atoms with E-state index < -0.39 is 17.8 Å². The van der Waals surface area contributed by atoms with Crippen LogP contribution in [0.2, 0.25) is 0 Å². The van der Waals surface area contributed by atoms with E-state index in [1.54, 1.807) is 12.1 Å². The van der Waals surface area contributed by atoms with Crippen LogP contribution in [0.15, 0.2) is 48.5 Å². The molecule has 0 saturated carbocycles. The van der Waals surface area contributed by atoms with E-state index in [-0.39, 0.29) is 12.2 Å². The van der Waals surface area contributed by atoms with E-state index in [1.807, 2.05) is 26.0 Å². The van der Waals surface area contributed by atoms with Crippen LogP contribution in [-0.4, -0.2) is 50.2 Å². The van der Waals surface area contributed by atoms with Gasteiger partial charge in [-0.25, -0.2) is 4.79 Å². The molecule has 2 unspecified atom stereocenters. The van der Waals surface area contributed by atoms with Crippen LogP contribution < -0.4 is 15.8 Å². The van der Waals surface area contributed by atoms with Gasteiger partial charge in [-0.15, -0.1) is 0 Å². The molecule has 2 atom stereocenters. The Balaban J connectivity index is 1.55. The highest BCUT2D eigenvalue weighted by Crippen LogP contribution is 2.20. The van der Waals surface area contributed by atoms with Gasteiger partial charge in [0, 0.05) is 29.9 Å². The molecule has 2 aromatic carbocycles. The van der Waals surface area contributed by atoms with Crippen molar-refractivity contribution in [1.29, 1.82) is 0 Å². The molecule has 0 aromatic heterocycles. The third kappa shape index (κ3) is 5.15. The van der Waals surface area contributed by atoms with Gasteiger partial charge in [-0.3, -0.25) is 20.4 Å². The van der Waals surface area contributed by atoms with Crippen molar-refractivity contribution < 1.29 is 23.9 Å². The molecule has 8 nitrogen and oxygen atoms in total. The molecule has 1 aliphatic heterocycles. The second kappa shape index (κ2) is 9.41. The number of anilines is 1. The lowest BCUT2D eigenvalue weighted by molar-refractivity contribution is -0.00522. The van der Waals surface area contributed by atoms with E-state index in [0.717, 1.165) is 18.8 Å². The first-order chi connectivity index (χ1) is 14.4. The van der Waals surface area contributed by atoms with E-state index >= 15 is 0 Å². The van der Waals surface area contributed by atoms with Crippen molar-refractivity contribution in [3.05, 3.63) is 65.2 Å². The lowest BCUT2D eigenvalue weighted by Gasteiger charge is -2.36. The van der Waals surface area contributed by atoms with Crippen LogP contribution in [0, 0.1) is 0 Å². The highest BCUT2D eigenvalue weighted by atomic mass is 16.5. The minimum absolute atomic E-state index is 0.147. The third-order valence-electron chi connectivity index (χ3n) is 4.77. The van der Waals surface area contributed by atoms with E-state index in [0.29, 0.717) is 16.7 Å². The van der Waals surface area contributed by atoms with Crippen molar-refractivity contribution in [1.82, 2.24) is 10.9 Å². The number of esters is 1. The van der Waals surface area contributed by atoms with Crippen LogP contribution in [0.3, 0.4) is 0 Å². The largest absolute Gasteiger partial charge is 0.465 e. The average molecular weight is 411 g/mol. The van der Waals surface area contributed by atoms with Gasteiger partial charge in [0.1, 0.15) is 0 Å². The number of morpholine rings is 1. The number of rotatable bonds is 4. The Morgan fingerprint density at radius 3 is 1.73 bits per heavy atom. The Labute approximate surface area is 175 Å². The molecule has 0 bridgehead atoms. The van der Waals surface area contributed by atoms with Crippen molar-refractivity contribution in [3.8, 4) is 0 Å². The van der Waals surface area contributed by atoms with Gasteiger partial charge in [0.25, 0.3) is 11.8 Å². The summed E-state index contributed by atoms with van der Waals surface area (Å²) in [6.45, 7) is 5.66. The van der Waals surface area contributed by atoms with Gasteiger partial charge in [-0.2, -0.15) is 0 Å². The average Bonchev–Trinajstić information content (AvgIpc) is 2.76. The van der Waals surface area contributed by atoms with E-state index in [1.165, 1.54) is 31.4 Å². The zero-order chi connectivity index (χ0) is 21.7. The summed E-state index contributed by atoms with van der Waals surface area (Å²) in [4.78, 5) is 38.2. The highest BCUT2D eigenvalue weighted by molar-refractivity contribution is 5.99. The number of nitrogens with one attached hydrogen (secondary N) is 2. The number of carbonyl (C=O) groups is 3. The number of methoxy groups -OCH3 is 1. The number of amides is 2. The molecule has 0 spiro atoms. The molecule has 158 valence electrons. The standard InChI is InChI=1S/C22H25N3O5/c1-14-12-25(13-15(2)30-14)19-10-8-17(9-11-19)21(27)24-23-20(26)16-4-6-18(7-5-16)22(28)29-3/h4-11,14-15H,12-13H2,1-3H3,(H,23,26)(H,24,27). The summed E-state index contributed by atoms with van der Waals surface area (Å²) in [5, 5.41) is 0. The smallest absolute Gasteiger partial charge is 0.337 e. The first-order valence-corrected chi connectivity index (χ1v) is 9.67. The molecule has 0 aliphatic carbocycles. The number of hydrogen-bond acceptors (Lipinski definition) is 6. The van der Waals surface area contributed by atoms with Gasteiger partial charge in [0.15, 0.2) is 0 Å². The number of carbonyl (C=O) groups excluding carboxylic acids is 3. The second-order valence-corrected chi connectivity index (χ2v) is 7.19. The molecule has 2 amide bonds. The zero-order valence-electron chi connectivity index (χ0n) is 17.2. The maximum atomic E-state index is 12.3. The lowest BCUT2D eigenvalue weighted by Crippen LogP contribution is -2.45. The molecule has 1 fully saturated rings. The Bertz CT molecular complexity index is 901. The third-order valence-corrected chi connectivity index (χ3v) is 4.77. The summed E-state index contributed by atoms with van der Waals surface area (Å²) in [6, 6.07) is 13.1. The van der Waals surface area contributed by atoms with Gasteiger partial charge in [0.2, 0.25) is 0 Å². The summed E-state index contributed by atoms with van der Waals surface area (Å²) >= 11 is 0. The van der Waals surface area contributed by atoms with Crippen molar-refractivity contribution in [2.75, 3.05) is 25.1 Å². The molecule has 0 radical (unpaired) electrons. The van der Waals surface area contributed by atoms with E-state index in [2.05, 4.69) is 20.5 Å². The number of benzene rings is 2. The van der Waals surface area contributed by atoms with Crippen LogP contribution in [-0.2, 0) is 9.47 Å². The van der Waals surface area contributed by atoms with Crippen LogP contribution in [0.5, 0.6) is 0 Å². The molecule has 1 aliphatic rings. The minimum Gasteiger partial charge on any atom is -0.465 e. The Hall–Kier alpha value is -3.39. The van der Waals surface area contributed by atoms with Crippen LogP contribution >= 0.6 is 0 Å². The van der Waals surface area contributed by atoms with Crippen molar-refractivity contribution in [2.45, 2.75) is 26.1 Å². The SMILES string of the molecule is COC(=O)c1ccc(C(=O)NNC(=O)c2ccc(N3CC(C)OC(C)C3)cc2)cc1. The quantitative estimate of drug-likeness (QED) is 0.591. The summed E-state index contributed by atoms with van der Waals surface area (Å²) in [5.41, 5.74) is 6.84. The first-order valence-electron chi connectivity index (χ1n) is 9.67. The predicted octanol–water partition coefficient (Wildman–Crippen LogP) is 2.16. The molecular formula is C22H25N3O5. The van der Waals surface area contributed by atoms with Crippen LogP contribution in [0.4, 0.5) is 5.69 Å². The predicted molar refractivity (Wildman–Crippen MR) is 111 cm³/mol. The van der Waals surface area contributed by atoms with Crippen LogP contribution in [0.1, 0.15) is 44.9 Å². The molecule has 30 heavy (non-hydrogen) atoms. The van der Waals surface area contributed by atoms with Gasteiger partial charge in [0.05, 0.1) is 24.9 Å². The Morgan fingerprint density at radius 1 is 0.833 bits per heavy atom.